The minimum absolute atomic E-state index is 0.584. The minimum atomic E-state index is 0.584. The number of rotatable bonds is 0. The molecule has 2 saturated carbocycles. The molecule has 0 unspecified atom stereocenters. The Hall–Kier alpha value is 0. The summed E-state index contributed by atoms with van der Waals surface area (Å²) in [6.45, 7) is 7.18. The fourth-order valence-corrected chi connectivity index (χ4v) is 2.68. The maximum atomic E-state index is 2.39. The van der Waals surface area contributed by atoms with Gasteiger partial charge in [-0.2, -0.15) is 0 Å². The highest BCUT2D eigenvalue weighted by Crippen LogP contribution is 2.62. The maximum absolute atomic E-state index is 2.39. The molecule has 11 heavy (non-hydrogen) atoms. The van der Waals surface area contributed by atoms with E-state index in [1.165, 1.54) is 19.3 Å². The fraction of sp³-hybridized carbons (Fsp3) is 1.00. The zero-order chi connectivity index (χ0) is 8.11. The summed E-state index contributed by atoms with van der Waals surface area (Å²) in [5, 5.41) is 0. The molecule has 0 aromatic rings. The molecule has 0 aromatic heterocycles. The molecular weight excluding hydrogens is 132 g/mol. The quantitative estimate of drug-likeness (QED) is 0.497. The average Bonchev–Trinajstić information content (AvgIpc) is 1.49. The lowest BCUT2D eigenvalue weighted by Gasteiger charge is -2.58. The molecule has 0 amide bonds. The second-order valence-electron chi connectivity index (χ2n) is 5.82. The van der Waals surface area contributed by atoms with Gasteiger partial charge < -0.3 is 0 Å². The van der Waals surface area contributed by atoms with Gasteiger partial charge in [-0.3, -0.25) is 0 Å². The van der Waals surface area contributed by atoms with E-state index in [1.54, 1.807) is 12.8 Å². The van der Waals surface area contributed by atoms with Crippen molar-refractivity contribution in [2.24, 2.45) is 16.7 Å². The monoisotopic (exact) mass is 152 g/mol. The molecule has 2 aliphatic rings. The summed E-state index contributed by atoms with van der Waals surface area (Å²) in [6.07, 6.45) is 7.67. The van der Waals surface area contributed by atoms with Crippen LogP contribution in [0.4, 0.5) is 0 Å². The van der Waals surface area contributed by atoms with Crippen molar-refractivity contribution >= 4 is 0 Å². The van der Waals surface area contributed by atoms with Crippen LogP contribution < -0.4 is 0 Å². The first-order valence-corrected chi connectivity index (χ1v) is 5.02. The number of hydrogen-bond donors (Lipinski definition) is 0. The van der Waals surface area contributed by atoms with Crippen molar-refractivity contribution in [3.63, 3.8) is 0 Å². The first kappa shape index (κ1) is 7.64. The van der Waals surface area contributed by atoms with Crippen LogP contribution in [-0.4, -0.2) is 0 Å². The van der Waals surface area contributed by atoms with Crippen molar-refractivity contribution in [2.75, 3.05) is 0 Å². The summed E-state index contributed by atoms with van der Waals surface area (Å²) in [5.74, 6) is 1.03. The topological polar surface area (TPSA) is 0 Å². The van der Waals surface area contributed by atoms with Crippen LogP contribution in [0.25, 0.3) is 0 Å². The van der Waals surface area contributed by atoms with E-state index in [0.29, 0.717) is 5.41 Å². The van der Waals surface area contributed by atoms with Crippen LogP contribution in [0, 0.1) is 16.7 Å². The zero-order valence-corrected chi connectivity index (χ0v) is 8.11. The van der Waals surface area contributed by atoms with Gasteiger partial charge in [0.05, 0.1) is 0 Å². The minimum Gasteiger partial charge on any atom is -0.0599 e. The molecule has 0 nitrogen and oxygen atoms in total. The van der Waals surface area contributed by atoms with Crippen molar-refractivity contribution in [1.29, 1.82) is 0 Å². The largest absolute Gasteiger partial charge is 0.0599 e. The van der Waals surface area contributed by atoms with E-state index in [1.807, 2.05) is 0 Å². The molecular formula is C11H20. The van der Waals surface area contributed by atoms with E-state index in [2.05, 4.69) is 20.8 Å². The van der Waals surface area contributed by atoms with Crippen LogP contribution in [0.2, 0.25) is 0 Å². The van der Waals surface area contributed by atoms with Crippen LogP contribution in [-0.2, 0) is 0 Å². The van der Waals surface area contributed by atoms with Gasteiger partial charge in [0.2, 0.25) is 0 Å². The molecule has 2 rings (SSSR count). The van der Waals surface area contributed by atoms with Crippen LogP contribution in [0.15, 0.2) is 0 Å². The summed E-state index contributed by atoms with van der Waals surface area (Å²) in [6, 6.07) is 0. The maximum Gasteiger partial charge on any atom is -0.0292 e. The summed E-state index contributed by atoms with van der Waals surface area (Å²) >= 11 is 0. The van der Waals surface area contributed by atoms with E-state index in [9.17, 15) is 0 Å². The molecule has 0 radical (unpaired) electrons. The van der Waals surface area contributed by atoms with E-state index in [0.717, 1.165) is 11.3 Å². The Kier molecular flexibility index (Phi) is 1.41. The molecule has 0 saturated heterocycles. The standard InChI is InChI=1S/C11H20/c1-10(2,3)9-7-11(8-9)5-4-6-11/h9H,4-8H2,1-3H3. The highest BCUT2D eigenvalue weighted by atomic mass is 14.6. The Bertz CT molecular complexity index is 149. The molecule has 64 valence electrons. The molecule has 0 atom stereocenters. The van der Waals surface area contributed by atoms with Crippen molar-refractivity contribution < 1.29 is 0 Å². The lowest BCUT2D eigenvalue weighted by atomic mass is 9.47. The smallest absolute Gasteiger partial charge is 0.0292 e. The first-order chi connectivity index (χ1) is 5.02. The molecule has 0 bridgehead atoms. The Morgan fingerprint density at radius 1 is 1.09 bits per heavy atom. The normalized spacial score (nSPS) is 29.7. The van der Waals surface area contributed by atoms with Gasteiger partial charge in [-0.1, -0.05) is 27.2 Å². The van der Waals surface area contributed by atoms with E-state index in [4.69, 9.17) is 0 Å². The Balaban J connectivity index is 1.88. The summed E-state index contributed by atoms with van der Waals surface area (Å²) < 4.78 is 0. The van der Waals surface area contributed by atoms with Crippen molar-refractivity contribution in [1.82, 2.24) is 0 Å². The van der Waals surface area contributed by atoms with Crippen molar-refractivity contribution in [2.45, 2.75) is 52.9 Å². The molecule has 0 heteroatoms. The van der Waals surface area contributed by atoms with Gasteiger partial charge in [0.1, 0.15) is 0 Å². The molecule has 2 aliphatic carbocycles. The predicted octanol–water partition coefficient (Wildman–Crippen LogP) is 3.61. The van der Waals surface area contributed by atoms with Crippen molar-refractivity contribution in [3.8, 4) is 0 Å². The van der Waals surface area contributed by atoms with Gasteiger partial charge >= 0.3 is 0 Å². The predicted molar refractivity (Wildman–Crippen MR) is 48.5 cm³/mol. The Morgan fingerprint density at radius 2 is 1.64 bits per heavy atom. The summed E-state index contributed by atoms with van der Waals surface area (Å²) in [4.78, 5) is 0. The number of hydrogen-bond acceptors (Lipinski definition) is 0. The van der Waals surface area contributed by atoms with Crippen molar-refractivity contribution in [3.05, 3.63) is 0 Å². The van der Waals surface area contributed by atoms with Crippen LogP contribution in [0.3, 0.4) is 0 Å². The third-order valence-electron chi connectivity index (χ3n) is 4.00. The Morgan fingerprint density at radius 3 is 1.91 bits per heavy atom. The lowest BCUT2D eigenvalue weighted by Crippen LogP contribution is -2.47. The van der Waals surface area contributed by atoms with Gasteiger partial charge in [0, 0.05) is 0 Å². The zero-order valence-electron chi connectivity index (χ0n) is 8.11. The molecule has 0 aromatic carbocycles. The molecule has 0 heterocycles. The second kappa shape index (κ2) is 2.02. The highest BCUT2D eigenvalue weighted by molar-refractivity contribution is 5.01. The molecule has 2 fully saturated rings. The van der Waals surface area contributed by atoms with Gasteiger partial charge in [-0.05, 0) is 42.4 Å². The molecule has 1 spiro atoms. The first-order valence-electron chi connectivity index (χ1n) is 5.02. The van der Waals surface area contributed by atoms with Crippen LogP contribution in [0.1, 0.15) is 52.9 Å². The SMILES string of the molecule is CC(C)(C)C1CC2(CCC2)C1. The third kappa shape index (κ3) is 1.11. The van der Waals surface area contributed by atoms with E-state index in [-0.39, 0.29) is 0 Å². The van der Waals surface area contributed by atoms with Gasteiger partial charge in [-0.15, -0.1) is 0 Å². The summed E-state index contributed by atoms with van der Waals surface area (Å²) in [7, 11) is 0. The average molecular weight is 152 g/mol. The Labute approximate surface area is 70.4 Å². The van der Waals surface area contributed by atoms with Gasteiger partial charge in [0.25, 0.3) is 0 Å². The highest BCUT2D eigenvalue weighted by Gasteiger charge is 2.51. The van der Waals surface area contributed by atoms with Gasteiger partial charge in [0.15, 0.2) is 0 Å². The van der Waals surface area contributed by atoms with E-state index < -0.39 is 0 Å². The molecule has 0 aliphatic heterocycles. The summed E-state index contributed by atoms with van der Waals surface area (Å²) in [5.41, 5.74) is 1.46. The lowest BCUT2D eigenvalue weighted by molar-refractivity contribution is -0.0700. The van der Waals surface area contributed by atoms with E-state index >= 15 is 0 Å². The molecule has 0 N–H and O–H groups in total. The van der Waals surface area contributed by atoms with Gasteiger partial charge in [-0.25, -0.2) is 0 Å². The van der Waals surface area contributed by atoms with Crippen LogP contribution in [0.5, 0.6) is 0 Å². The third-order valence-corrected chi connectivity index (χ3v) is 4.00. The fourth-order valence-electron chi connectivity index (χ4n) is 2.68. The second-order valence-corrected chi connectivity index (χ2v) is 5.82. The van der Waals surface area contributed by atoms with Crippen LogP contribution >= 0.6 is 0 Å².